The Labute approximate surface area is 623 Å². The molecule has 33 heteroatoms. The first kappa shape index (κ1) is 86.2. The van der Waals surface area contributed by atoms with Crippen molar-refractivity contribution in [2.24, 2.45) is 17.8 Å². The number of aromatic hydroxyl groups is 3. The molecule has 5 rings (SSSR count). The van der Waals surface area contributed by atoms with Crippen molar-refractivity contribution >= 4 is 122 Å². The van der Waals surface area contributed by atoms with Crippen LogP contribution in [0.2, 0.25) is 0 Å². The van der Waals surface area contributed by atoms with Crippen LogP contribution < -0.4 is 47.9 Å². The van der Waals surface area contributed by atoms with Crippen molar-refractivity contribution in [3.63, 3.8) is 0 Å². The van der Waals surface area contributed by atoms with Crippen molar-refractivity contribution in [3.8, 4) is 29.6 Å². The average Bonchev–Trinajstić information content (AvgIpc) is 0.886. The Morgan fingerprint density at radius 2 is 1.14 bits per heavy atom. The van der Waals surface area contributed by atoms with E-state index < -0.39 is 211 Å². The molecule has 0 spiro atoms. The molecule has 4 aromatic rings. The van der Waals surface area contributed by atoms with Crippen LogP contribution >= 0.6 is 33.3 Å². The number of phenolic OH excluding ortho intramolecular Hbond substituents is 3. The van der Waals surface area contributed by atoms with Crippen LogP contribution in [-0.4, -0.2) is 197 Å². The molecule has 0 unspecified atom stereocenters. The number of amides is 9. The van der Waals surface area contributed by atoms with Crippen molar-refractivity contribution in [1.82, 2.24) is 47.9 Å². The zero-order valence-electron chi connectivity index (χ0n) is 58.7. The predicted octanol–water partition coefficient (Wildman–Crippen LogP) is 2.21. The molecule has 0 aromatic heterocycles. The lowest BCUT2D eigenvalue weighted by Crippen LogP contribution is -2.60. The number of carboxylic acid groups (broad SMARTS) is 3. The van der Waals surface area contributed by atoms with Gasteiger partial charge in [0.05, 0.1) is 24.4 Å². The van der Waals surface area contributed by atoms with Gasteiger partial charge in [-0.2, -0.15) is 11.8 Å². The van der Waals surface area contributed by atoms with Crippen molar-refractivity contribution in [2.75, 3.05) is 23.5 Å². The number of carbonyl (C=O) groups is 15. The van der Waals surface area contributed by atoms with Gasteiger partial charge >= 0.3 is 17.9 Å². The fraction of sp³-hybridized carbons (Fsp3) is 0.438. The van der Waals surface area contributed by atoms with Crippen LogP contribution in [0.4, 0.5) is 0 Å². The molecular weight excluding hydrogens is 1440 g/mol. The molecule has 1 aliphatic heterocycles. The Hall–Kier alpha value is -10.5. The molecule has 0 aliphatic carbocycles. The van der Waals surface area contributed by atoms with E-state index in [-0.39, 0.29) is 67.9 Å². The highest BCUT2D eigenvalue weighted by Gasteiger charge is 2.38. The number of thioether (sulfide) groups is 1. The number of unbranched alkanes of at least 4 members (excludes halogenated alkanes) is 1. The Morgan fingerprint density at radius 3 is 1.71 bits per heavy atom. The van der Waals surface area contributed by atoms with Gasteiger partial charge in [0.2, 0.25) is 53.2 Å². The molecule has 30 nitrogen and oxygen atoms in total. The molecule has 1 fully saturated rings. The van der Waals surface area contributed by atoms with Crippen molar-refractivity contribution < 1.29 is 103 Å². The smallest absolute Gasteiger partial charge is 0.334 e. The first-order valence-corrected chi connectivity index (χ1v) is 37.7. The number of terminal acetylenes is 1. The summed E-state index contributed by atoms with van der Waals surface area (Å²) in [4.78, 5) is 209. The largest absolute Gasteiger partial charge is 0.508 e. The zero-order valence-corrected chi connectivity index (χ0v) is 61.1. The Bertz CT molecular complexity index is 3810. The van der Waals surface area contributed by atoms with E-state index in [0.717, 1.165) is 21.6 Å². The highest BCUT2D eigenvalue weighted by Crippen LogP contribution is 2.28. The number of phenols is 3. The minimum Gasteiger partial charge on any atom is -0.508 e. The van der Waals surface area contributed by atoms with E-state index in [2.05, 4.69) is 53.8 Å². The molecule has 570 valence electrons. The number of ketones is 3. The molecule has 4 aromatic carbocycles. The van der Waals surface area contributed by atoms with Gasteiger partial charge < -0.3 is 78.5 Å². The van der Waals surface area contributed by atoms with E-state index in [0.29, 0.717) is 22.3 Å². The summed E-state index contributed by atoms with van der Waals surface area (Å²) < 4.78 is 0. The quantitative estimate of drug-likeness (QED) is 0.0149. The SMILES string of the molecule is C#CCCCC(=O)N[C@H](Cc1ccc(O)cc1)C(=O)C[C@H]1CSSC[C@@H](C(=O)N[C@H](Cc2ccc(O)cc2)C(=O)N[C@H](CCSC)C(=O)N[C@H](CC(=O)O)C(=O)N[C@@H](C(=O)O)C(C)C)NC(=O)[C@@H](C)CC(=O)[C@@H](Cc2ccc(O)cc2)NC(=O)[C@H](Cc2ccccc2)NC(=O)CCC(=O)[C@@H](C(=O)O)NC1=O. The van der Waals surface area contributed by atoms with Crippen LogP contribution in [0.1, 0.15) is 101 Å². The van der Waals surface area contributed by atoms with Crippen LogP contribution in [0.3, 0.4) is 0 Å². The Morgan fingerprint density at radius 1 is 0.594 bits per heavy atom. The molecule has 1 saturated heterocycles. The summed E-state index contributed by atoms with van der Waals surface area (Å²) in [7, 11) is 1.61. The summed E-state index contributed by atoms with van der Waals surface area (Å²) in [6.07, 6.45) is 2.29. The molecular formula is C73H89N9O21S3. The average molecular weight is 1520 g/mol. The molecule has 0 radical (unpaired) electrons. The van der Waals surface area contributed by atoms with E-state index in [1.54, 1.807) is 36.6 Å². The van der Waals surface area contributed by atoms with Gasteiger partial charge in [0, 0.05) is 68.8 Å². The Balaban J connectivity index is 1.61. The van der Waals surface area contributed by atoms with E-state index in [9.17, 15) is 97.8 Å². The van der Waals surface area contributed by atoms with Gasteiger partial charge in [0.15, 0.2) is 23.4 Å². The molecule has 9 amide bonds. The van der Waals surface area contributed by atoms with Crippen LogP contribution in [0.25, 0.3) is 0 Å². The molecule has 15 N–H and O–H groups in total. The molecule has 106 heavy (non-hydrogen) atoms. The normalized spacial score (nSPS) is 19.4. The number of Topliss-reactive ketones (excluding diaryl/α,β-unsaturated/α-hetero) is 3. The number of aliphatic carboxylic acids is 3. The van der Waals surface area contributed by atoms with Gasteiger partial charge in [-0.3, -0.25) is 62.3 Å². The second kappa shape index (κ2) is 43.7. The summed E-state index contributed by atoms with van der Waals surface area (Å²) in [6.45, 7) is 4.30. The van der Waals surface area contributed by atoms with Crippen molar-refractivity contribution in [3.05, 3.63) is 125 Å². The van der Waals surface area contributed by atoms with Crippen molar-refractivity contribution in [2.45, 2.75) is 159 Å². The second-order valence-electron chi connectivity index (χ2n) is 25.6. The number of nitrogens with one attached hydrogen (secondary N) is 9. The first-order chi connectivity index (χ1) is 50.3. The van der Waals surface area contributed by atoms with E-state index in [4.69, 9.17) is 6.42 Å². The predicted molar refractivity (Wildman–Crippen MR) is 392 cm³/mol. The van der Waals surface area contributed by atoms with Gasteiger partial charge in [-0.25, -0.2) is 9.59 Å². The third-order valence-corrected chi connectivity index (χ3v) is 19.9. The summed E-state index contributed by atoms with van der Waals surface area (Å²) in [5, 5.41) is 82.9. The van der Waals surface area contributed by atoms with Crippen LogP contribution in [-0.2, 0) is 97.6 Å². The molecule has 11 atom stereocenters. The monoisotopic (exact) mass is 1520 g/mol. The zero-order chi connectivity index (χ0) is 78.2. The van der Waals surface area contributed by atoms with Crippen LogP contribution in [0.15, 0.2) is 103 Å². The number of hydrogen-bond donors (Lipinski definition) is 15. The van der Waals surface area contributed by atoms with Gasteiger partial charge in [-0.05, 0) is 102 Å². The number of carboxylic acids is 3. The topological polar surface area (TPSA) is 486 Å². The fourth-order valence-electron chi connectivity index (χ4n) is 10.8. The maximum absolute atomic E-state index is 15.2. The maximum Gasteiger partial charge on any atom is 0.334 e. The molecule has 0 saturated carbocycles. The third kappa shape index (κ3) is 29.6. The lowest BCUT2D eigenvalue weighted by atomic mass is 9.94. The highest BCUT2D eigenvalue weighted by atomic mass is 33.1. The fourth-order valence-corrected chi connectivity index (χ4v) is 13.8. The molecule has 1 aliphatic rings. The summed E-state index contributed by atoms with van der Waals surface area (Å²) >= 11 is 1.23. The standard InChI is InChI=1S/C73H89N9O21S3/c1-6-7-9-14-60(89)74-51(32-43-15-21-47(83)22-16-43)59(88)36-46-38-105-106-39-56(71(99)78-54(35-45-19-25-49(85)26-20-45)69(97)76-50(29-30-104-5)67(95)79-55(37-62(91)92)70(98)81-63(40(2)3)72(100)101)80-65(93)41(4)31-58(87)52(33-44-17-23-48(84)24-18-44)77-68(96)53(34-42-12-10-8-11-13-42)75-61(90)28-27-57(86)64(73(102)103)82-66(46)94/h1,8,10-13,15-26,40-41,46,50-56,63-64,83-85H,7,9,14,27-39H2,2-5H3,(H,74,89)(H,75,90)(H,76,97)(H,77,96)(H,78,99)(H,79,95)(H,80,93)(H,81,98)(H,82,94)(H,91,92)(H,100,101)(H,102,103)/t41-,46-,50+,51+,52+,53-,54+,55+,56-,63+,64-/m0/s1. The summed E-state index contributed by atoms with van der Waals surface area (Å²) in [5.41, 5.74) is 1.70. The highest BCUT2D eigenvalue weighted by molar-refractivity contribution is 8.76. The number of benzene rings is 4. The van der Waals surface area contributed by atoms with Crippen molar-refractivity contribution in [1.29, 1.82) is 0 Å². The van der Waals surface area contributed by atoms with Gasteiger partial charge in [0.1, 0.15) is 53.5 Å². The van der Waals surface area contributed by atoms with Crippen LogP contribution in [0, 0.1) is 30.1 Å². The Kier molecular flexibility index (Phi) is 35.6. The first-order valence-electron chi connectivity index (χ1n) is 33.9. The van der Waals surface area contributed by atoms with E-state index >= 15 is 4.79 Å². The van der Waals surface area contributed by atoms with E-state index in [1.165, 1.54) is 105 Å². The van der Waals surface area contributed by atoms with E-state index in [1.807, 2.05) is 0 Å². The maximum atomic E-state index is 15.2. The molecule has 1 heterocycles. The lowest BCUT2D eigenvalue weighted by Gasteiger charge is -2.27. The molecule has 0 bridgehead atoms. The summed E-state index contributed by atoms with van der Waals surface area (Å²) in [5.74, 6) is -19.0. The lowest BCUT2D eigenvalue weighted by molar-refractivity contribution is -0.147. The third-order valence-electron chi connectivity index (χ3n) is 16.8. The number of rotatable bonds is 31. The minimum absolute atomic E-state index is 0.114. The number of hydrogen-bond acceptors (Lipinski definition) is 21. The summed E-state index contributed by atoms with van der Waals surface area (Å²) in [6, 6.07) is 9.89. The minimum atomic E-state index is -2.34. The van der Waals surface area contributed by atoms with Gasteiger partial charge in [-0.1, -0.05) is 109 Å². The van der Waals surface area contributed by atoms with Crippen LogP contribution in [0.5, 0.6) is 17.2 Å². The van der Waals surface area contributed by atoms with Gasteiger partial charge in [-0.15, -0.1) is 12.3 Å². The van der Waals surface area contributed by atoms with Gasteiger partial charge in [0.25, 0.3) is 0 Å². The second-order valence-corrected chi connectivity index (χ2v) is 29.1. The number of carbonyl (C=O) groups excluding carboxylic acids is 12.